The van der Waals surface area contributed by atoms with Gasteiger partial charge >= 0.3 is 0 Å². The minimum Gasteiger partial charge on any atom is -0.394 e. The van der Waals surface area contributed by atoms with Crippen LogP contribution in [0.15, 0.2) is 24.3 Å². The summed E-state index contributed by atoms with van der Waals surface area (Å²) < 4.78 is 0. The van der Waals surface area contributed by atoms with Crippen LogP contribution in [0.3, 0.4) is 0 Å². The molecule has 0 radical (unpaired) electrons. The summed E-state index contributed by atoms with van der Waals surface area (Å²) in [5.74, 6) is -0.595. The van der Waals surface area contributed by atoms with Crippen LogP contribution < -0.4 is 5.32 Å². The van der Waals surface area contributed by atoms with Crippen molar-refractivity contribution in [3.8, 4) is 0 Å². The topological polar surface area (TPSA) is 110 Å². The molecule has 4 unspecified atom stereocenters. The fourth-order valence-electron chi connectivity index (χ4n) is 7.34. The van der Waals surface area contributed by atoms with E-state index in [2.05, 4.69) is 43.5 Å². The second kappa shape index (κ2) is 42.9. The van der Waals surface area contributed by atoms with Gasteiger partial charge in [-0.05, 0) is 64.2 Å². The number of amides is 1. The van der Waals surface area contributed by atoms with Gasteiger partial charge in [-0.2, -0.15) is 0 Å². The second-order valence-electron chi connectivity index (χ2n) is 16.4. The molecule has 1 amide bonds. The Labute approximate surface area is 335 Å². The van der Waals surface area contributed by atoms with Gasteiger partial charge in [-0.15, -0.1) is 0 Å². The standard InChI is InChI=1S/C48H93NO5/c1-3-5-7-9-11-13-15-17-19-20-21-22-23-24-25-26-28-30-32-34-36-38-40-42-46(52)48(54)49-44(43-50)47(53)45(51)41-39-37-35-33-31-29-27-18-16-14-12-10-8-6-4-2/h24-25,33,35,44-47,50-53H,3-23,26-32,34,36-43H2,1-2H3,(H,49,54)/b25-24-,35-33+. The summed E-state index contributed by atoms with van der Waals surface area (Å²) in [5.41, 5.74) is 0. The second-order valence-corrected chi connectivity index (χ2v) is 16.4. The fourth-order valence-corrected chi connectivity index (χ4v) is 7.34. The Balaban J connectivity index is 3.72. The van der Waals surface area contributed by atoms with Gasteiger partial charge in [0.15, 0.2) is 0 Å². The summed E-state index contributed by atoms with van der Waals surface area (Å²) in [7, 11) is 0. The largest absolute Gasteiger partial charge is 0.394 e. The van der Waals surface area contributed by atoms with Gasteiger partial charge in [0.1, 0.15) is 12.2 Å². The predicted molar refractivity (Wildman–Crippen MR) is 233 cm³/mol. The molecule has 0 aromatic carbocycles. The van der Waals surface area contributed by atoms with Crippen LogP contribution in [0, 0.1) is 0 Å². The minimum absolute atomic E-state index is 0.359. The SMILES string of the molecule is CCCCCCCCCCCC/C=C/CCCC(O)C(O)C(CO)NC(=O)C(O)CCCCCCCCC/C=C\CCCCCCCCCCCCCC. The zero-order chi connectivity index (χ0) is 39.6. The van der Waals surface area contributed by atoms with Crippen LogP contribution in [0.1, 0.15) is 245 Å². The molecule has 6 heteroatoms. The number of hydrogen-bond donors (Lipinski definition) is 5. The molecule has 320 valence electrons. The molecule has 0 fully saturated rings. The van der Waals surface area contributed by atoms with E-state index < -0.39 is 36.9 Å². The molecule has 0 aromatic heterocycles. The van der Waals surface area contributed by atoms with Crippen LogP contribution >= 0.6 is 0 Å². The molecule has 54 heavy (non-hydrogen) atoms. The van der Waals surface area contributed by atoms with Crippen molar-refractivity contribution in [2.45, 2.75) is 269 Å². The third kappa shape index (κ3) is 36.4. The van der Waals surface area contributed by atoms with Gasteiger partial charge in [0, 0.05) is 0 Å². The number of aliphatic hydroxyl groups is 4. The molecule has 0 aromatic rings. The van der Waals surface area contributed by atoms with Crippen LogP contribution in [0.5, 0.6) is 0 Å². The van der Waals surface area contributed by atoms with E-state index in [0.29, 0.717) is 12.8 Å². The molecule has 0 bridgehead atoms. The normalized spacial score (nSPS) is 14.3. The average Bonchev–Trinajstić information content (AvgIpc) is 3.18. The van der Waals surface area contributed by atoms with Crippen LogP contribution in [0.4, 0.5) is 0 Å². The van der Waals surface area contributed by atoms with Gasteiger partial charge in [-0.3, -0.25) is 4.79 Å². The Hall–Kier alpha value is -1.21. The van der Waals surface area contributed by atoms with Crippen LogP contribution in [-0.4, -0.2) is 57.3 Å². The van der Waals surface area contributed by atoms with Crippen molar-refractivity contribution in [3.05, 3.63) is 24.3 Å². The molecule has 4 atom stereocenters. The molecule has 0 aliphatic heterocycles. The molecule has 0 aliphatic carbocycles. The number of carbonyl (C=O) groups is 1. The average molecular weight is 764 g/mol. The number of nitrogens with one attached hydrogen (secondary N) is 1. The molecule has 0 heterocycles. The van der Waals surface area contributed by atoms with Crippen molar-refractivity contribution in [3.63, 3.8) is 0 Å². The number of rotatable bonds is 43. The highest BCUT2D eigenvalue weighted by Crippen LogP contribution is 2.16. The van der Waals surface area contributed by atoms with E-state index in [9.17, 15) is 25.2 Å². The van der Waals surface area contributed by atoms with Crippen LogP contribution in [-0.2, 0) is 4.79 Å². The van der Waals surface area contributed by atoms with E-state index >= 15 is 0 Å². The maximum atomic E-state index is 12.5. The third-order valence-corrected chi connectivity index (χ3v) is 11.1. The van der Waals surface area contributed by atoms with Crippen molar-refractivity contribution >= 4 is 5.91 Å². The lowest BCUT2D eigenvalue weighted by Crippen LogP contribution is -2.53. The summed E-state index contributed by atoms with van der Waals surface area (Å²) in [4.78, 5) is 12.5. The van der Waals surface area contributed by atoms with Gasteiger partial charge in [-0.1, -0.05) is 205 Å². The van der Waals surface area contributed by atoms with Crippen molar-refractivity contribution in [2.75, 3.05) is 6.61 Å². The first-order valence-corrected chi connectivity index (χ1v) is 23.7. The molecular formula is C48H93NO5. The lowest BCUT2D eigenvalue weighted by atomic mass is 10.00. The first kappa shape index (κ1) is 52.8. The lowest BCUT2D eigenvalue weighted by molar-refractivity contribution is -0.132. The fraction of sp³-hybridized carbons (Fsp3) is 0.896. The van der Waals surface area contributed by atoms with E-state index in [1.807, 2.05) is 0 Å². The Morgan fingerprint density at radius 1 is 0.444 bits per heavy atom. The first-order chi connectivity index (χ1) is 26.5. The van der Waals surface area contributed by atoms with Crippen molar-refractivity contribution in [1.29, 1.82) is 0 Å². The van der Waals surface area contributed by atoms with Crippen molar-refractivity contribution in [2.24, 2.45) is 0 Å². The van der Waals surface area contributed by atoms with Crippen molar-refractivity contribution < 1.29 is 25.2 Å². The molecule has 0 aliphatic rings. The predicted octanol–water partition coefficient (Wildman–Crippen LogP) is 12.7. The van der Waals surface area contributed by atoms with Crippen LogP contribution in [0.25, 0.3) is 0 Å². The molecule has 0 saturated heterocycles. The highest BCUT2D eigenvalue weighted by Gasteiger charge is 2.28. The van der Waals surface area contributed by atoms with Gasteiger partial charge in [-0.25, -0.2) is 0 Å². The summed E-state index contributed by atoms with van der Waals surface area (Å²) in [6.07, 6.45) is 49.3. The number of carbonyl (C=O) groups excluding carboxylic acids is 1. The zero-order valence-electron chi connectivity index (χ0n) is 36.0. The van der Waals surface area contributed by atoms with Gasteiger partial charge in [0.05, 0.1) is 18.8 Å². The molecule has 0 rings (SSSR count). The van der Waals surface area contributed by atoms with Crippen molar-refractivity contribution in [1.82, 2.24) is 5.32 Å². The van der Waals surface area contributed by atoms with E-state index in [1.54, 1.807) is 0 Å². The lowest BCUT2D eigenvalue weighted by Gasteiger charge is -2.27. The Kier molecular flexibility index (Phi) is 42.0. The van der Waals surface area contributed by atoms with Gasteiger partial charge in [0.2, 0.25) is 5.91 Å². The van der Waals surface area contributed by atoms with E-state index in [4.69, 9.17) is 0 Å². The number of unbranched alkanes of at least 4 members (excludes halogenated alkanes) is 30. The summed E-state index contributed by atoms with van der Waals surface area (Å²) >= 11 is 0. The Bertz CT molecular complexity index is 817. The maximum absolute atomic E-state index is 12.5. The molecule has 5 N–H and O–H groups in total. The van der Waals surface area contributed by atoms with Gasteiger partial charge in [0.25, 0.3) is 0 Å². The number of aliphatic hydroxyl groups excluding tert-OH is 4. The third-order valence-electron chi connectivity index (χ3n) is 11.1. The maximum Gasteiger partial charge on any atom is 0.249 e. The zero-order valence-corrected chi connectivity index (χ0v) is 36.0. The smallest absolute Gasteiger partial charge is 0.249 e. The van der Waals surface area contributed by atoms with E-state index in [-0.39, 0.29) is 0 Å². The molecule has 6 nitrogen and oxygen atoms in total. The highest BCUT2D eigenvalue weighted by atomic mass is 16.3. The summed E-state index contributed by atoms with van der Waals surface area (Å²) in [6, 6.07) is -1.00. The first-order valence-electron chi connectivity index (χ1n) is 23.7. The molecular weight excluding hydrogens is 671 g/mol. The molecule has 0 saturated carbocycles. The highest BCUT2D eigenvalue weighted by molar-refractivity contribution is 5.80. The van der Waals surface area contributed by atoms with E-state index in [0.717, 1.165) is 38.5 Å². The molecule has 0 spiro atoms. The minimum atomic E-state index is -1.28. The Morgan fingerprint density at radius 3 is 1.11 bits per heavy atom. The van der Waals surface area contributed by atoms with Crippen LogP contribution in [0.2, 0.25) is 0 Å². The van der Waals surface area contributed by atoms with E-state index in [1.165, 1.54) is 180 Å². The summed E-state index contributed by atoms with van der Waals surface area (Å²) in [6.45, 7) is 4.05. The summed E-state index contributed by atoms with van der Waals surface area (Å²) in [5, 5.41) is 43.7. The quantitative estimate of drug-likeness (QED) is 0.0314. The Morgan fingerprint density at radius 2 is 0.759 bits per heavy atom. The number of hydrogen-bond acceptors (Lipinski definition) is 5. The monoisotopic (exact) mass is 764 g/mol. The number of allylic oxidation sites excluding steroid dienone is 4. The van der Waals surface area contributed by atoms with Gasteiger partial charge < -0.3 is 25.7 Å².